The van der Waals surface area contributed by atoms with E-state index in [1.165, 1.54) is 19.1 Å². The number of methoxy groups -OCH3 is 2. The Bertz CT molecular complexity index is 1060. The number of carbonyl (C=O) groups is 3. The Kier molecular flexibility index (Phi) is 5.54. The third kappa shape index (κ3) is 3.36. The van der Waals surface area contributed by atoms with Crippen molar-refractivity contribution in [1.29, 1.82) is 0 Å². The summed E-state index contributed by atoms with van der Waals surface area (Å²) in [6, 6.07) is 12.0. The molecule has 1 fully saturated rings. The molecule has 1 atom stereocenters. The van der Waals surface area contributed by atoms with Gasteiger partial charge < -0.3 is 19.7 Å². The topological polar surface area (TPSA) is 88.2 Å². The van der Waals surface area contributed by atoms with Gasteiger partial charge in [0.2, 0.25) is 11.6 Å². The summed E-state index contributed by atoms with van der Waals surface area (Å²) in [4.78, 5) is 43.5. The largest absolute Gasteiger partial charge is 0.497 e. The number of nitrogens with one attached hydrogen (secondary N) is 1. The monoisotopic (exact) mass is 437 g/mol. The van der Waals surface area contributed by atoms with Crippen molar-refractivity contribution in [1.82, 2.24) is 4.90 Å². The maximum absolute atomic E-state index is 13.9. The molecule has 3 amide bonds. The van der Waals surface area contributed by atoms with Gasteiger partial charge in [-0.1, -0.05) is 26.0 Å². The number of carbonyl (C=O) groups excluding carboxylic acids is 3. The summed E-state index contributed by atoms with van der Waals surface area (Å²) in [5.74, 6) is 0.252. The quantitative estimate of drug-likeness (QED) is 0.749. The maximum Gasteiger partial charge on any atom is 0.271 e. The maximum atomic E-state index is 13.9. The molecule has 2 aliphatic rings. The Morgan fingerprint density at radius 2 is 1.75 bits per heavy atom. The zero-order chi connectivity index (χ0) is 23.0. The predicted molar refractivity (Wildman–Crippen MR) is 120 cm³/mol. The zero-order valence-corrected chi connectivity index (χ0v) is 18.7. The van der Waals surface area contributed by atoms with Gasteiger partial charge in [-0.3, -0.25) is 19.3 Å². The Balaban J connectivity index is 1.83. The van der Waals surface area contributed by atoms with Gasteiger partial charge in [0, 0.05) is 43.3 Å². The highest BCUT2D eigenvalue weighted by molar-refractivity contribution is 6.18. The fourth-order valence-electron chi connectivity index (χ4n) is 4.51. The zero-order valence-electron chi connectivity index (χ0n) is 18.7. The van der Waals surface area contributed by atoms with Gasteiger partial charge in [-0.25, -0.2) is 0 Å². The summed E-state index contributed by atoms with van der Waals surface area (Å²) in [5, 5.41) is 2.91. The number of rotatable bonds is 6. The van der Waals surface area contributed by atoms with Crippen LogP contribution in [0.25, 0.3) is 0 Å². The molecule has 1 saturated heterocycles. The molecule has 32 heavy (non-hydrogen) atoms. The number of amides is 3. The Labute approximate surface area is 187 Å². The van der Waals surface area contributed by atoms with Crippen molar-refractivity contribution in [3.05, 3.63) is 48.0 Å². The van der Waals surface area contributed by atoms with Crippen molar-refractivity contribution in [3.63, 3.8) is 0 Å². The van der Waals surface area contributed by atoms with Gasteiger partial charge in [-0.2, -0.15) is 0 Å². The van der Waals surface area contributed by atoms with Crippen LogP contribution in [0.1, 0.15) is 37.0 Å². The van der Waals surface area contributed by atoms with E-state index >= 15 is 0 Å². The van der Waals surface area contributed by atoms with Gasteiger partial charge in [0.25, 0.3) is 11.8 Å². The molecule has 2 aromatic rings. The fraction of sp³-hybridized carbons (Fsp3) is 0.375. The number of para-hydroxylation sites is 1. The highest BCUT2D eigenvalue weighted by Crippen LogP contribution is 2.45. The van der Waals surface area contributed by atoms with Crippen LogP contribution in [0, 0.1) is 5.92 Å². The van der Waals surface area contributed by atoms with Gasteiger partial charge in [0.1, 0.15) is 11.5 Å². The van der Waals surface area contributed by atoms with E-state index in [2.05, 4.69) is 5.32 Å². The Morgan fingerprint density at radius 3 is 2.38 bits per heavy atom. The molecular formula is C24H27N3O5. The highest BCUT2D eigenvalue weighted by Gasteiger charge is 2.60. The van der Waals surface area contributed by atoms with E-state index < -0.39 is 11.6 Å². The molecule has 8 nitrogen and oxygen atoms in total. The van der Waals surface area contributed by atoms with Crippen LogP contribution in [0.2, 0.25) is 0 Å². The molecule has 2 heterocycles. The second-order valence-electron chi connectivity index (χ2n) is 8.43. The number of hydrogen-bond acceptors (Lipinski definition) is 5. The molecule has 0 aliphatic carbocycles. The van der Waals surface area contributed by atoms with E-state index in [4.69, 9.17) is 9.47 Å². The number of anilines is 2. The molecule has 0 spiro atoms. The molecular weight excluding hydrogens is 410 g/mol. The highest BCUT2D eigenvalue weighted by atomic mass is 16.5. The van der Waals surface area contributed by atoms with Crippen molar-refractivity contribution >= 4 is 29.1 Å². The van der Waals surface area contributed by atoms with Crippen molar-refractivity contribution in [2.75, 3.05) is 31.0 Å². The lowest BCUT2D eigenvalue weighted by atomic mass is 9.94. The molecule has 0 aromatic heterocycles. The first-order chi connectivity index (χ1) is 15.3. The molecule has 4 rings (SSSR count). The minimum Gasteiger partial charge on any atom is -0.497 e. The minimum atomic E-state index is -1.44. The summed E-state index contributed by atoms with van der Waals surface area (Å²) in [5.41, 5.74) is -0.0905. The van der Waals surface area contributed by atoms with Crippen LogP contribution >= 0.6 is 0 Å². The number of benzene rings is 2. The lowest BCUT2D eigenvalue weighted by molar-refractivity contribution is -0.129. The Morgan fingerprint density at radius 1 is 1.09 bits per heavy atom. The van der Waals surface area contributed by atoms with E-state index in [0.717, 1.165) is 0 Å². The van der Waals surface area contributed by atoms with E-state index in [1.54, 1.807) is 47.4 Å². The van der Waals surface area contributed by atoms with Gasteiger partial charge in [0.15, 0.2) is 0 Å². The van der Waals surface area contributed by atoms with Crippen molar-refractivity contribution in [2.45, 2.75) is 32.4 Å². The van der Waals surface area contributed by atoms with Gasteiger partial charge in [-0.05, 0) is 18.1 Å². The molecule has 2 aliphatic heterocycles. The molecule has 0 unspecified atom stereocenters. The smallest absolute Gasteiger partial charge is 0.271 e. The first kappa shape index (κ1) is 21.7. The van der Waals surface area contributed by atoms with Crippen LogP contribution in [-0.4, -0.2) is 49.0 Å². The van der Waals surface area contributed by atoms with E-state index in [1.807, 2.05) is 13.8 Å². The van der Waals surface area contributed by atoms with Crippen molar-refractivity contribution in [2.24, 2.45) is 5.92 Å². The van der Waals surface area contributed by atoms with Gasteiger partial charge in [-0.15, -0.1) is 0 Å². The molecule has 2 aromatic carbocycles. The second-order valence-corrected chi connectivity index (χ2v) is 8.43. The second kappa shape index (κ2) is 8.18. The summed E-state index contributed by atoms with van der Waals surface area (Å²) >= 11 is 0. The number of fused-ring (bicyclic) bond motifs is 3. The lowest BCUT2D eigenvalue weighted by Gasteiger charge is -2.49. The predicted octanol–water partition coefficient (Wildman–Crippen LogP) is 3.28. The van der Waals surface area contributed by atoms with Gasteiger partial charge >= 0.3 is 0 Å². The van der Waals surface area contributed by atoms with Crippen LogP contribution in [0.4, 0.5) is 11.4 Å². The fourth-order valence-corrected chi connectivity index (χ4v) is 4.51. The summed E-state index contributed by atoms with van der Waals surface area (Å²) in [6.07, 6.45) is 0.386. The number of ether oxygens (including phenoxy) is 2. The Hall–Kier alpha value is -3.55. The average molecular weight is 437 g/mol. The van der Waals surface area contributed by atoms with Crippen LogP contribution in [0.3, 0.4) is 0 Å². The minimum absolute atomic E-state index is 0.100. The summed E-state index contributed by atoms with van der Waals surface area (Å²) in [6.45, 7) is 4.30. The summed E-state index contributed by atoms with van der Waals surface area (Å²) < 4.78 is 10.6. The molecule has 8 heteroatoms. The van der Waals surface area contributed by atoms with Crippen molar-refractivity contribution < 1.29 is 23.9 Å². The normalized spacial score (nSPS) is 19.7. The van der Waals surface area contributed by atoms with Gasteiger partial charge in [0.05, 0.1) is 25.5 Å². The summed E-state index contributed by atoms with van der Waals surface area (Å²) in [7, 11) is 3.05. The van der Waals surface area contributed by atoms with Crippen LogP contribution in [-0.2, 0) is 9.59 Å². The molecule has 168 valence electrons. The van der Waals surface area contributed by atoms with Crippen LogP contribution < -0.4 is 19.7 Å². The molecule has 0 saturated carbocycles. The molecule has 0 bridgehead atoms. The lowest BCUT2D eigenvalue weighted by Crippen LogP contribution is -2.69. The van der Waals surface area contributed by atoms with E-state index in [0.29, 0.717) is 35.0 Å². The van der Waals surface area contributed by atoms with Crippen LogP contribution in [0.5, 0.6) is 11.5 Å². The number of hydrogen-bond donors (Lipinski definition) is 1. The third-order valence-electron chi connectivity index (χ3n) is 5.89. The molecule has 0 radical (unpaired) electrons. The average Bonchev–Trinajstić information content (AvgIpc) is 3.14. The number of nitrogens with zero attached hydrogens (tertiary/aromatic N) is 2. The van der Waals surface area contributed by atoms with E-state index in [9.17, 15) is 14.4 Å². The van der Waals surface area contributed by atoms with Crippen LogP contribution in [0.15, 0.2) is 42.5 Å². The first-order valence-corrected chi connectivity index (χ1v) is 10.6. The van der Waals surface area contributed by atoms with E-state index in [-0.39, 0.29) is 30.6 Å². The third-order valence-corrected chi connectivity index (χ3v) is 5.89. The SMILES string of the molecule is COc1cc(NC(=O)[C@@]23CCC(=O)N2c2ccccc2C(=O)N3CC(C)C)cc(OC)c1. The first-order valence-electron chi connectivity index (χ1n) is 10.6. The molecule has 1 N–H and O–H groups in total. The van der Waals surface area contributed by atoms with Crippen molar-refractivity contribution in [3.8, 4) is 11.5 Å². The standard InChI is InChI=1S/C24H27N3O5/c1-15(2)14-26-22(29)19-7-5-6-8-20(19)27-21(28)9-10-24(26,27)23(30)25-16-11-17(31-3)13-18(12-16)32-4/h5-8,11-13,15H,9-10,14H2,1-4H3,(H,25,30)/t24-/m1/s1.